The molecule has 0 saturated carbocycles. The van der Waals surface area contributed by atoms with Crippen molar-refractivity contribution in [3.63, 3.8) is 0 Å². The highest BCUT2D eigenvalue weighted by atomic mass is 16.6. The fraction of sp³-hybridized carbons (Fsp3) is 0.526. The molecule has 0 saturated heterocycles. The van der Waals surface area contributed by atoms with Crippen molar-refractivity contribution in [2.75, 3.05) is 6.54 Å². The van der Waals surface area contributed by atoms with Gasteiger partial charge in [-0.15, -0.1) is 0 Å². The molecule has 0 fully saturated rings. The summed E-state index contributed by atoms with van der Waals surface area (Å²) in [5.74, 6) is 0.600. The Labute approximate surface area is 157 Å². The number of amides is 1. The van der Waals surface area contributed by atoms with Gasteiger partial charge in [0.25, 0.3) is 11.6 Å². The second-order valence-corrected chi connectivity index (χ2v) is 8.37. The lowest BCUT2D eigenvalue weighted by atomic mass is 9.85. The van der Waals surface area contributed by atoms with E-state index in [4.69, 9.17) is 9.47 Å². The number of hydrogen-bond donors (Lipinski definition) is 1. The van der Waals surface area contributed by atoms with Gasteiger partial charge in [0.1, 0.15) is 28.8 Å². The monoisotopic (exact) mass is 376 g/mol. The molecule has 1 aromatic rings. The minimum absolute atomic E-state index is 0.125. The van der Waals surface area contributed by atoms with Crippen LogP contribution >= 0.6 is 0 Å². The third kappa shape index (κ3) is 3.62. The summed E-state index contributed by atoms with van der Waals surface area (Å²) in [5.41, 5.74) is -1.15. The number of nitrogens with zero attached hydrogens (tertiary/aromatic N) is 2. The van der Waals surface area contributed by atoms with Gasteiger partial charge in [0, 0.05) is 23.8 Å². The van der Waals surface area contributed by atoms with Crippen LogP contribution in [0.2, 0.25) is 0 Å². The first-order valence-electron chi connectivity index (χ1n) is 8.75. The summed E-state index contributed by atoms with van der Waals surface area (Å²) in [6.45, 7) is 9.26. The zero-order valence-electron chi connectivity index (χ0n) is 16.1. The zero-order valence-corrected chi connectivity index (χ0v) is 16.1. The molecule has 0 spiro atoms. The Balaban J connectivity index is 2.01. The number of aliphatic hydroxyl groups is 1. The Morgan fingerprint density at radius 3 is 2.63 bits per heavy atom. The number of non-ortho nitro benzene ring substituents is 1. The number of carbonyl (C=O) groups excluding carboxylic acids is 1. The molecule has 1 N–H and O–H groups in total. The van der Waals surface area contributed by atoms with Crippen LogP contribution in [0.1, 0.15) is 46.2 Å². The molecule has 2 aliphatic heterocycles. The minimum atomic E-state index is -1.07. The lowest BCUT2D eigenvalue weighted by Gasteiger charge is -2.45. The lowest BCUT2D eigenvalue weighted by Crippen LogP contribution is -2.54. The fourth-order valence-corrected chi connectivity index (χ4v) is 3.41. The van der Waals surface area contributed by atoms with Crippen molar-refractivity contribution in [2.24, 2.45) is 0 Å². The van der Waals surface area contributed by atoms with Gasteiger partial charge in [0.15, 0.2) is 0 Å². The van der Waals surface area contributed by atoms with E-state index in [1.807, 2.05) is 20.8 Å². The van der Waals surface area contributed by atoms with E-state index in [9.17, 15) is 20.0 Å². The average molecular weight is 376 g/mol. The van der Waals surface area contributed by atoms with Crippen molar-refractivity contribution in [3.8, 4) is 5.75 Å². The molecular weight excluding hydrogens is 352 g/mol. The van der Waals surface area contributed by atoms with E-state index in [2.05, 4.69) is 0 Å². The molecule has 0 bridgehead atoms. The lowest BCUT2D eigenvalue weighted by molar-refractivity contribution is -0.385. The second-order valence-electron chi connectivity index (χ2n) is 8.37. The number of hydrogen-bond acceptors (Lipinski definition) is 6. The second kappa shape index (κ2) is 6.23. The van der Waals surface area contributed by atoms with E-state index in [0.717, 1.165) is 0 Å². The molecule has 1 aromatic carbocycles. The van der Waals surface area contributed by atoms with Gasteiger partial charge in [-0.05, 0) is 40.7 Å². The highest BCUT2D eigenvalue weighted by Gasteiger charge is 2.48. The molecule has 0 unspecified atom stereocenters. The molecule has 8 heteroatoms. The van der Waals surface area contributed by atoms with Crippen LogP contribution in [-0.2, 0) is 9.53 Å². The Morgan fingerprint density at radius 2 is 2.04 bits per heavy atom. The van der Waals surface area contributed by atoms with Crippen molar-refractivity contribution in [2.45, 2.75) is 58.0 Å². The van der Waals surface area contributed by atoms with Crippen molar-refractivity contribution in [3.05, 3.63) is 45.7 Å². The first-order chi connectivity index (χ1) is 12.4. The molecule has 2 aliphatic rings. The number of ether oxygens (including phenoxy) is 2. The van der Waals surface area contributed by atoms with Gasteiger partial charge in [-0.2, -0.15) is 0 Å². The van der Waals surface area contributed by atoms with Crippen molar-refractivity contribution >= 4 is 11.6 Å². The number of nitro benzene ring substituents is 1. The first kappa shape index (κ1) is 19.2. The van der Waals surface area contributed by atoms with Gasteiger partial charge < -0.3 is 19.5 Å². The number of benzene rings is 1. The maximum Gasteiger partial charge on any atom is 0.270 e. The standard InChI is InChI=1S/C19H24N2O6/c1-18(2,3)26-12-9-15(22)20(10-12)16-13-8-11(21(24)25)6-7-14(13)27-19(4,5)17(16)23/h6-9,16-17,23H,10H2,1-5H3/t16-,17+/m0/s1. The molecule has 1 amide bonds. The number of fused-ring (bicyclic) bond motifs is 1. The van der Waals surface area contributed by atoms with Gasteiger partial charge in [-0.1, -0.05) is 0 Å². The molecule has 3 rings (SSSR count). The summed E-state index contributed by atoms with van der Waals surface area (Å²) >= 11 is 0. The molecule has 0 aliphatic carbocycles. The summed E-state index contributed by atoms with van der Waals surface area (Å²) in [5, 5.41) is 22.1. The van der Waals surface area contributed by atoms with Gasteiger partial charge in [0.05, 0.1) is 17.5 Å². The zero-order chi connectivity index (χ0) is 20.1. The summed E-state index contributed by atoms with van der Waals surface area (Å²) in [6, 6.07) is 3.43. The van der Waals surface area contributed by atoms with Gasteiger partial charge in [-0.3, -0.25) is 14.9 Å². The van der Waals surface area contributed by atoms with E-state index in [1.54, 1.807) is 13.8 Å². The van der Waals surface area contributed by atoms with Crippen LogP contribution in [0.5, 0.6) is 5.75 Å². The molecule has 27 heavy (non-hydrogen) atoms. The number of rotatable bonds is 3. The van der Waals surface area contributed by atoms with Gasteiger partial charge >= 0.3 is 0 Å². The van der Waals surface area contributed by atoms with Crippen molar-refractivity contribution in [1.29, 1.82) is 0 Å². The Kier molecular flexibility index (Phi) is 4.42. The van der Waals surface area contributed by atoms with Crippen LogP contribution in [0, 0.1) is 10.1 Å². The molecule has 2 heterocycles. The van der Waals surface area contributed by atoms with Crippen molar-refractivity contribution < 1.29 is 24.3 Å². The quantitative estimate of drug-likeness (QED) is 0.643. The first-order valence-corrected chi connectivity index (χ1v) is 8.75. The van der Waals surface area contributed by atoms with E-state index < -0.39 is 28.3 Å². The minimum Gasteiger partial charge on any atom is -0.490 e. The normalized spacial score (nSPS) is 24.1. The van der Waals surface area contributed by atoms with Gasteiger partial charge in [0.2, 0.25) is 0 Å². The molecule has 146 valence electrons. The summed E-state index contributed by atoms with van der Waals surface area (Å²) < 4.78 is 11.6. The SMILES string of the molecule is CC(C)(C)OC1=CC(=O)N([C@H]2c3cc([N+](=O)[O-])ccc3OC(C)(C)[C@@H]2O)C1. The number of aliphatic hydroxyl groups excluding tert-OH is 1. The highest BCUT2D eigenvalue weighted by molar-refractivity contribution is 5.91. The third-order valence-electron chi connectivity index (χ3n) is 4.57. The number of nitro groups is 1. The topological polar surface area (TPSA) is 102 Å². The smallest absolute Gasteiger partial charge is 0.270 e. The fourth-order valence-electron chi connectivity index (χ4n) is 3.41. The maximum atomic E-state index is 12.6. The molecule has 2 atom stereocenters. The van der Waals surface area contributed by atoms with Crippen LogP contribution < -0.4 is 4.74 Å². The van der Waals surface area contributed by atoms with Crippen LogP contribution in [-0.4, -0.2) is 44.7 Å². The van der Waals surface area contributed by atoms with E-state index >= 15 is 0 Å². The van der Waals surface area contributed by atoms with Gasteiger partial charge in [-0.25, -0.2) is 0 Å². The highest BCUT2D eigenvalue weighted by Crippen LogP contribution is 2.45. The largest absolute Gasteiger partial charge is 0.490 e. The van der Waals surface area contributed by atoms with Crippen LogP contribution in [0.4, 0.5) is 5.69 Å². The van der Waals surface area contributed by atoms with Crippen LogP contribution in [0.25, 0.3) is 0 Å². The summed E-state index contributed by atoms with van der Waals surface area (Å²) in [7, 11) is 0. The Bertz CT molecular complexity index is 824. The van der Waals surface area contributed by atoms with E-state index in [-0.39, 0.29) is 18.1 Å². The molecule has 0 radical (unpaired) electrons. The predicted octanol–water partition coefficient (Wildman–Crippen LogP) is 2.71. The molecule has 0 aromatic heterocycles. The maximum absolute atomic E-state index is 12.6. The van der Waals surface area contributed by atoms with Crippen molar-refractivity contribution in [1.82, 2.24) is 4.90 Å². The summed E-state index contributed by atoms with van der Waals surface area (Å²) in [6.07, 6.45) is 0.329. The third-order valence-corrected chi connectivity index (χ3v) is 4.57. The van der Waals surface area contributed by atoms with Crippen LogP contribution in [0.3, 0.4) is 0 Å². The number of carbonyl (C=O) groups is 1. The van der Waals surface area contributed by atoms with E-state index in [0.29, 0.717) is 17.1 Å². The average Bonchev–Trinajstić information content (AvgIpc) is 2.85. The Morgan fingerprint density at radius 1 is 1.37 bits per heavy atom. The summed E-state index contributed by atoms with van der Waals surface area (Å²) in [4.78, 5) is 24.8. The Hall–Kier alpha value is -2.61. The molecule has 8 nitrogen and oxygen atoms in total. The predicted molar refractivity (Wildman–Crippen MR) is 97.2 cm³/mol. The van der Waals surface area contributed by atoms with E-state index in [1.165, 1.54) is 29.2 Å². The van der Waals surface area contributed by atoms with Crippen LogP contribution in [0.15, 0.2) is 30.0 Å². The molecular formula is C19H24N2O6.